The lowest BCUT2D eigenvalue weighted by Gasteiger charge is -2.15. The van der Waals surface area contributed by atoms with Crippen LogP contribution in [0.15, 0.2) is 83.2 Å². The highest BCUT2D eigenvalue weighted by Gasteiger charge is 2.25. The van der Waals surface area contributed by atoms with E-state index in [1.807, 2.05) is 12.2 Å². The van der Waals surface area contributed by atoms with Crippen molar-refractivity contribution in [2.24, 2.45) is 0 Å². The van der Waals surface area contributed by atoms with Crippen molar-refractivity contribution in [3.63, 3.8) is 0 Å². The Kier molecular flexibility index (Phi) is 6.25. The van der Waals surface area contributed by atoms with E-state index in [0.717, 1.165) is 30.6 Å². The number of aliphatic hydroxyl groups excluding tert-OH is 1. The SMILES string of the molecule is OC1CCN(CC2=CCC(c3noc(-c4nnn(-c5ccccc5F)c4-c4ccncc4)n3)=CC=C2)C1. The molecule has 9 nitrogen and oxygen atoms in total. The first kappa shape index (κ1) is 23.1. The number of pyridine rings is 1. The van der Waals surface area contributed by atoms with Gasteiger partial charge in [-0.25, -0.2) is 9.07 Å². The summed E-state index contributed by atoms with van der Waals surface area (Å²) in [5.41, 5.74) is 3.93. The predicted molar refractivity (Wildman–Crippen MR) is 135 cm³/mol. The first-order valence-corrected chi connectivity index (χ1v) is 12.1. The highest BCUT2D eigenvalue weighted by molar-refractivity contribution is 5.76. The molecule has 0 spiro atoms. The monoisotopic (exact) mass is 497 g/mol. The molecule has 3 aromatic heterocycles. The maximum Gasteiger partial charge on any atom is 0.281 e. The second-order valence-electron chi connectivity index (χ2n) is 9.02. The molecule has 37 heavy (non-hydrogen) atoms. The number of hydrogen-bond donors (Lipinski definition) is 1. The van der Waals surface area contributed by atoms with Crippen molar-refractivity contribution in [1.29, 1.82) is 0 Å². The van der Waals surface area contributed by atoms with Crippen LogP contribution in [0, 0.1) is 5.82 Å². The number of nitrogens with zero attached hydrogens (tertiary/aromatic N) is 7. The van der Waals surface area contributed by atoms with Crippen molar-refractivity contribution in [2.45, 2.75) is 18.9 Å². The van der Waals surface area contributed by atoms with Crippen LogP contribution in [0.2, 0.25) is 0 Å². The standard InChI is InChI=1S/C27H24FN7O2/c28-22-6-1-2-7-23(22)35-25(19-10-13-29-14-11-19)24(31-33-35)27-30-26(32-37-27)20-5-3-4-18(8-9-20)16-34-15-12-21(36)17-34/h1-8,10-11,13-14,21,36H,9,12,15-17H2. The number of aliphatic hydroxyl groups is 1. The third-order valence-electron chi connectivity index (χ3n) is 6.47. The van der Waals surface area contributed by atoms with Gasteiger partial charge in [0.05, 0.1) is 6.10 Å². The molecule has 186 valence electrons. The van der Waals surface area contributed by atoms with Crippen LogP contribution in [0.25, 0.3) is 34.1 Å². The van der Waals surface area contributed by atoms with Crippen LogP contribution in [0.1, 0.15) is 18.7 Å². The lowest BCUT2D eigenvalue weighted by molar-refractivity contribution is 0.179. The lowest BCUT2D eigenvalue weighted by Crippen LogP contribution is -2.24. The molecule has 0 saturated carbocycles. The van der Waals surface area contributed by atoms with Gasteiger partial charge in [-0.05, 0) is 42.7 Å². The number of allylic oxidation sites excluding steroid dienone is 4. The van der Waals surface area contributed by atoms with Crippen LogP contribution in [-0.2, 0) is 0 Å². The highest BCUT2D eigenvalue weighted by atomic mass is 19.1. The zero-order valence-corrected chi connectivity index (χ0v) is 19.9. The topological polar surface area (TPSA) is 106 Å². The molecule has 0 bridgehead atoms. The number of β-amino-alcohol motifs (C(OH)–C–C–N with tert-alkyl or cyclic N) is 1. The Morgan fingerprint density at radius 3 is 2.81 bits per heavy atom. The number of para-hydroxylation sites is 1. The van der Waals surface area contributed by atoms with E-state index in [1.54, 1.807) is 42.7 Å². The van der Waals surface area contributed by atoms with Crippen molar-refractivity contribution in [2.75, 3.05) is 19.6 Å². The number of rotatable bonds is 6. The van der Waals surface area contributed by atoms with Gasteiger partial charge in [0, 0.05) is 43.2 Å². The molecule has 0 radical (unpaired) electrons. The van der Waals surface area contributed by atoms with Crippen molar-refractivity contribution in [3.05, 3.63) is 90.3 Å². The summed E-state index contributed by atoms with van der Waals surface area (Å²) in [6.45, 7) is 2.39. The Balaban J connectivity index is 1.30. The van der Waals surface area contributed by atoms with Gasteiger partial charge in [-0.15, -0.1) is 5.10 Å². The van der Waals surface area contributed by atoms with Crippen molar-refractivity contribution in [3.8, 4) is 28.5 Å². The van der Waals surface area contributed by atoms with Gasteiger partial charge >= 0.3 is 0 Å². The molecule has 1 fully saturated rings. The van der Waals surface area contributed by atoms with Crippen molar-refractivity contribution >= 4 is 5.57 Å². The van der Waals surface area contributed by atoms with Gasteiger partial charge in [0.2, 0.25) is 0 Å². The van der Waals surface area contributed by atoms with Crippen molar-refractivity contribution in [1.82, 2.24) is 35.0 Å². The van der Waals surface area contributed by atoms with Gasteiger partial charge in [0.1, 0.15) is 17.2 Å². The Hall–Kier alpha value is -4.28. The van der Waals surface area contributed by atoms with Crippen LogP contribution in [-0.4, -0.2) is 65.9 Å². The molecular weight excluding hydrogens is 473 g/mol. The fourth-order valence-corrected chi connectivity index (χ4v) is 4.60. The molecule has 1 saturated heterocycles. The Morgan fingerprint density at radius 1 is 1.14 bits per heavy atom. The van der Waals surface area contributed by atoms with Gasteiger partial charge in [0.15, 0.2) is 11.5 Å². The predicted octanol–water partition coefficient (Wildman–Crippen LogP) is 3.85. The molecule has 1 aliphatic carbocycles. The molecule has 2 aliphatic rings. The number of halogens is 1. The second-order valence-corrected chi connectivity index (χ2v) is 9.02. The average molecular weight is 498 g/mol. The number of benzene rings is 1. The van der Waals surface area contributed by atoms with Gasteiger partial charge < -0.3 is 9.63 Å². The van der Waals surface area contributed by atoms with Crippen LogP contribution < -0.4 is 0 Å². The molecular formula is C27H24FN7O2. The largest absolute Gasteiger partial charge is 0.392 e. The van der Waals surface area contributed by atoms with Crippen LogP contribution in [0.3, 0.4) is 0 Å². The minimum atomic E-state index is -0.429. The quantitative estimate of drug-likeness (QED) is 0.428. The average Bonchev–Trinajstić information content (AvgIpc) is 3.63. The molecule has 10 heteroatoms. The molecule has 1 aromatic carbocycles. The summed E-state index contributed by atoms with van der Waals surface area (Å²) in [6.07, 6.45) is 12.7. The van der Waals surface area contributed by atoms with Crippen LogP contribution in [0.5, 0.6) is 0 Å². The molecule has 1 unspecified atom stereocenters. The van der Waals surface area contributed by atoms with E-state index in [9.17, 15) is 9.50 Å². The van der Waals surface area contributed by atoms with E-state index in [1.165, 1.54) is 16.3 Å². The zero-order chi connectivity index (χ0) is 25.2. The van der Waals surface area contributed by atoms with Crippen LogP contribution >= 0.6 is 0 Å². The first-order valence-electron chi connectivity index (χ1n) is 12.1. The summed E-state index contributed by atoms with van der Waals surface area (Å²) in [5, 5.41) is 22.5. The Labute approximate surface area is 212 Å². The summed E-state index contributed by atoms with van der Waals surface area (Å²) in [5.74, 6) is 0.213. The molecule has 6 rings (SSSR count). The first-order chi connectivity index (χ1) is 18.2. The normalized spacial score (nSPS) is 18.1. The summed E-state index contributed by atoms with van der Waals surface area (Å²) >= 11 is 0. The van der Waals surface area contributed by atoms with E-state index in [4.69, 9.17) is 4.52 Å². The highest BCUT2D eigenvalue weighted by Crippen LogP contribution is 2.32. The van der Waals surface area contributed by atoms with Gasteiger partial charge in [-0.2, -0.15) is 4.98 Å². The molecule has 1 aliphatic heterocycles. The van der Waals surface area contributed by atoms with E-state index in [2.05, 4.69) is 42.5 Å². The van der Waals surface area contributed by atoms with Gasteiger partial charge in [-0.1, -0.05) is 46.8 Å². The minimum absolute atomic E-state index is 0.189. The van der Waals surface area contributed by atoms with E-state index in [0.29, 0.717) is 30.2 Å². The van der Waals surface area contributed by atoms with Crippen LogP contribution in [0.4, 0.5) is 4.39 Å². The lowest BCUT2D eigenvalue weighted by atomic mass is 10.1. The molecule has 4 heterocycles. The smallest absolute Gasteiger partial charge is 0.281 e. The van der Waals surface area contributed by atoms with Gasteiger partial charge in [-0.3, -0.25) is 9.88 Å². The van der Waals surface area contributed by atoms with E-state index >= 15 is 0 Å². The summed E-state index contributed by atoms with van der Waals surface area (Å²) in [6, 6.07) is 9.95. The maximum atomic E-state index is 14.7. The van der Waals surface area contributed by atoms with E-state index < -0.39 is 5.82 Å². The Bertz CT molecular complexity index is 1510. The van der Waals surface area contributed by atoms with Crippen molar-refractivity contribution < 1.29 is 14.0 Å². The number of hydrogen-bond acceptors (Lipinski definition) is 8. The summed E-state index contributed by atoms with van der Waals surface area (Å²) < 4.78 is 21.7. The Morgan fingerprint density at radius 2 is 2.00 bits per heavy atom. The maximum absolute atomic E-state index is 14.7. The molecule has 1 atom stereocenters. The summed E-state index contributed by atoms with van der Waals surface area (Å²) in [7, 11) is 0. The third kappa shape index (κ3) is 4.76. The molecule has 4 aromatic rings. The second kappa shape index (κ2) is 10.00. The molecule has 0 amide bonds. The molecule has 1 N–H and O–H groups in total. The van der Waals surface area contributed by atoms with E-state index in [-0.39, 0.29) is 17.7 Å². The fraction of sp³-hybridized carbons (Fsp3) is 0.222. The number of likely N-dealkylation sites (tertiary alicyclic amines) is 1. The third-order valence-corrected chi connectivity index (χ3v) is 6.47. The van der Waals surface area contributed by atoms with Gasteiger partial charge in [0.25, 0.3) is 5.89 Å². The zero-order valence-electron chi connectivity index (χ0n) is 19.9. The summed E-state index contributed by atoms with van der Waals surface area (Å²) in [4.78, 5) is 11.0. The minimum Gasteiger partial charge on any atom is -0.392 e. The fourth-order valence-electron chi connectivity index (χ4n) is 4.60. The number of aromatic nitrogens is 6.